The lowest BCUT2D eigenvalue weighted by molar-refractivity contribution is -0.573. The lowest BCUT2D eigenvalue weighted by Gasteiger charge is -2.21. The van der Waals surface area contributed by atoms with Crippen LogP contribution >= 0.6 is 0 Å². The Balaban J connectivity index is 2.14. The third-order valence-electron chi connectivity index (χ3n) is 6.70. The Morgan fingerprint density at radius 1 is 0.576 bits per heavy atom. The van der Waals surface area contributed by atoms with E-state index in [4.69, 9.17) is 0 Å². The third kappa shape index (κ3) is 4.12. The van der Waals surface area contributed by atoms with Gasteiger partial charge in [-0.1, -0.05) is 116 Å². The zero-order chi connectivity index (χ0) is 23.9. The SMILES string of the molecule is CC(C)c1cccc(C(C)C)c1-n1[c-][n+](-c2c(C(C)C)cccc2C(C)C)c2ccccc21. The van der Waals surface area contributed by atoms with Gasteiger partial charge in [0.2, 0.25) is 0 Å². The van der Waals surface area contributed by atoms with Gasteiger partial charge in [0.1, 0.15) is 0 Å². The van der Waals surface area contributed by atoms with Crippen LogP contribution < -0.4 is 4.57 Å². The van der Waals surface area contributed by atoms with Crippen molar-refractivity contribution in [2.75, 3.05) is 0 Å². The first-order valence-electron chi connectivity index (χ1n) is 12.4. The summed E-state index contributed by atoms with van der Waals surface area (Å²) in [6, 6.07) is 22.3. The number of benzene rings is 3. The molecule has 0 aliphatic rings. The van der Waals surface area contributed by atoms with E-state index < -0.39 is 0 Å². The van der Waals surface area contributed by atoms with Crippen molar-refractivity contribution in [2.24, 2.45) is 0 Å². The molecule has 0 aliphatic carbocycles. The Hall–Kier alpha value is -2.87. The van der Waals surface area contributed by atoms with Crippen LogP contribution in [0.4, 0.5) is 0 Å². The lowest BCUT2D eigenvalue weighted by atomic mass is 9.92. The highest BCUT2D eigenvalue weighted by Crippen LogP contribution is 2.34. The minimum absolute atomic E-state index is 0.427. The summed E-state index contributed by atoms with van der Waals surface area (Å²) in [5.74, 6) is 1.71. The van der Waals surface area contributed by atoms with Crippen LogP contribution in [-0.4, -0.2) is 4.57 Å². The van der Waals surface area contributed by atoms with E-state index in [0.29, 0.717) is 23.7 Å². The molecule has 0 saturated heterocycles. The molecule has 2 heteroatoms. The second kappa shape index (κ2) is 9.17. The Bertz CT molecular complexity index is 1120. The van der Waals surface area contributed by atoms with Crippen molar-refractivity contribution in [3.63, 3.8) is 0 Å². The smallest absolute Gasteiger partial charge is 0.269 e. The summed E-state index contributed by atoms with van der Waals surface area (Å²) < 4.78 is 4.64. The van der Waals surface area contributed by atoms with Gasteiger partial charge in [0.15, 0.2) is 0 Å². The molecule has 4 aromatic rings. The highest BCUT2D eigenvalue weighted by atomic mass is 15.1. The van der Waals surface area contributed by atoms with Crippen LogP contribution in [0.1, 0.15) is 101 Å². The van der Waals surface area contributed by atoms with Gasteiger partial charge in [0.05, 0.1) is 22.4 Å². The summed E-state index contributed by atoms with van der Waals surface area (Å²) in [5, 5.41) is 0. The summed E-state index contributed by atoms with van der Waals surface area (Å²) in [5.41, 5.74) is 10.4. The number of aromatic nitrogens is 2. The number of rotatable bonds is 6. The summed E-state index contributed by atoms with van der Waals surface area (Å²) in [4.78, 5) is 0. The summed E-state index contributed by atoms with van der Waals surface area (Å²) >= 11 is 0. The second-order valence-electron chi connectivity index (χ2n) is 10.4. The van der Waals surface area contributed by atoms with Crippen molar-refractivity contribution in [3.05, 3.63) is 89.2 Å². The first-order chi connectivity index (χ1) is 15.7. The molecule has 0 N–H and O–H groups in total. The van der Waals surface area contributed by atoms with Gasteiger partial charge in [-0.05, 0) is 45.9 Å². The fraction of sp³-hybridized carbons (Fsp3) is 0.387. The lowest BCUT2D eigenvalue weighted by Crippen LogP contribution is -2.33. The van der Waals surface area contributed by atoms with Crippen molar-refractivity contribution < 1.29 is 4.57 Å². The largest absolute Gasteiger partial charge is 0.291 e. The number of imidazole rings is 1. The third-order valence-corrected chi connectivity index (χ3v) is 6.70. The molecule has 0 saturated carbocycles. The average Bonchev–Trinajstić information content (AvgIpc) is 3.16. The minimum Gasteiger partial charge on any atom is -0.291 e. The second-order valence-corrected chi connectivity index (χ2v) is 10.4. The van der Waals surface area contributed by atoms with E-state index in [-0.39, 0.29) is 0 Å². The fourth-order valence-corrected chi connectivity index (χ4v) is 4.93. The molecule has 0 bridgehead atoms. The van der Waals surface area contributed by atoms with Gasteiger partial charge in [0, 0.05) is 0 Å². The van der Waals surface area contributed by atoms with Gasteiger partial charge in [-0.15, -0.1) is 0 Å². The Morgan fingerprint density at radius 2 is 1.03 bits per heavy atom. The molecule has 0 unspecified atom stereocenters. The van der Waals surface area contributed by atoms with E-state index in [2.05, 4.69) is 132 Å². The van der Waals surface area contributed by atoms with E-state index in [1.807, 2.05) is 0 Å². The van der Waals surface area contributed by atoms with Gasteiger partial charge < -0.3 is 0 Å². The van der Waals surface area contributed by atoms with Crippen molar-refractivity contribution in [3.8, 4) is 11.4 Å². The van der Waals surface area contributed by atoms with Crippen LogP contribution in [0.2, 0.25) is 0 Å². The maximum Gasteiger partial charge on any atom is 0.269 e. The molecule has 0 amide bonds. The zero-order valence-electron chi connectivity index (χ0n) is 21.5. The standard InChI is InChI=1S/C31H38N2/c1-20(2)24-13-11-14-25(21(3)4)30(24)32-19-33(29-18-10-9-17-28(29)32)31-26(22(5)6)15-12-16-27(31)23(7)8/h9-18,20-23H,1-8H3. The van der Waals surface area contributed by atoms with E-state index in [1.165, 1.54) is 44.7 Å². The van der Waals surface area contributed by atoms with Gasteiger partial charge in [-0.3, -0.25) is 9.13 Å². The first kappa shape index (κ1) is 23.3. The molecule has 1 aromatic heterocycles. The summed E-state index contributed by atoms with van der Waals surface area (Å²) in [6.07, 6.45) is 3.84. The van der Waals surface area contributed by atoms with Gasteiger partial charge in [0.25, 0.3) is 6.33 Å². The molecule has 0 fully saturated rings. The van der Waals surface area contributed by atoms with Gasteiger partial charge >= 0.3 is 0 Å². The number of hydrogen-bond donors (Lipinski definition) is 0. The van der Waals surface area contributed by atoms with Crippen molar-refractivity contribution in [1.82, 2.24) is 4.57 Å². The molecule has 0 aliphatic heterocycles. The van der Waals surface area contributed by atoms with Crippen LogP contribution in [0, 0.1) is 6.33 Å². The summed E-state index contributed by atoms with van der Waals surface area (Å²) in [6.45, 7) is 18.3. The monoisotopic (exact) mass is 438 g/mol. The molecule has 1 heterocycles. The molecule has 2 nitrogen and oxygen atoms in total. The Morgan fingerprint density at radius 3 is 1.52 bits per heavy atom. The average molecular weight is 439 g/mol. The van der Waals surface area contributed by atoms with E-state index in [1.54, 1.807) is 0 Å². The minimum atomic E-state index is 0.427. The van der Waals surface area contributed by atoms with Crippen molar-refractivity contribution >= 4 is 11.0 Å². The van der Waals surface area contributed by atoms with Crippen LogP contribution in [0.5, 0.6) is 0 Å². The van der Waals surface area contributed by atoms with Crippen LogP contribution in [0.15, 0.2) is 60.7 Å². The topological polar surface area (TPSA) is 8.81 Å². The van der Waals surface area contributed by atoms with Crippen LogP contribution in [0.3, 0.4) is 0 Å². The molecule has 3 aromatic carbocycles. The quantitative estimate of drug-likeness (QED) is 0.212. The maximum atomic E-state index is 3.84. The van der Waals surface area contributed by atoms with E-state index in [9.17, 15) is 0 Å². The van der Waals surface area contributed by atoms with Crippen molar-refractivity contribution in [1.29, 1.82) is 0 Å². The maximum absolute atomic E-state index is 3.84. The Kier molecular flexibility index (Phi) is 6.47. The van der Waals surface area contributed by atoms with Gasteiger partial charge in [-0.2, -0.15) is 0 Å². The highest BCUT2D eigenvalue weighted by Gasteiger charge is 2.23. The molecule has 172 valence electrons. The molecule has 33 heavy (non-hydrogen) atoms. The molecule has 0 radical (unpaired) electrons. The number of nitrogens with zero attached hydrogens (tertiary/aromatic N) is 2. The predicted molar refractivity (Wildman–Crippen MR) is 140 cm³/mol. The fourth-order valence-electron chi connectivity index (χ4n) is 4.93. The predicted octanol–water partition coefficient (Wildman–Crippen LogP) is 8.20. The van der Waals surface area contributed by atoms with E-state index >= 15 is 0 Å². The van der Waals surface area contributed by atoms with Gasteiger partial charge in [-0.25, -0.2) is 0 Å². The molecule has 0 spiro atoms. The van der Waals surface area contributed by atoms with Crippen LogP contribution in [-0.2, 0) is 0 Å². The van der Waals surface area contributed by atoms with E-state index in [0.717, 1.165) is 0 Å². The highest BCUT2D eigenvalue weighted by molar-refractivity contribution is 5.76. The molecule has 4 rings (SSSR count). The zero-order valence-corrected chi connectivity index (χ0v) is 21.5. The number of para-hydroxylation sites is 4. The van der Waals surface area contributed by atoms with Crippen LogP contribution in [0.25, 0.3) is 22.4 Å². The number of fused-ring (bicyclic) bond motifs is 1. The van der Waals surface area contributed by atoms with Crippen molar-refractivity contribution in [2.45, 2.75) is 79.1 Å². The number of hydrogen-bond acceptors (Lipinski definition) is 0. The first-order valence-corrected chi connectivity index (χ1v) is 12.4. The summed E-state index contributed by atoms with van der Waals surface area (Å²) in [7, 11) is 0. The normalized spacial score (nSPS) is 12.1. The Labute approximate surface area is 199 Å². The molecular weight excluding hydrogens is 400 g/mol. The molecular formula is C31H38N2. The molecule has 0 atom stereocenters.